The first-order valence-corrected chi connectivity index (χ1v) is 12.1. The van der Waals surface area contributed by atoms with Gasteiger partial charge in [0.15, 0.2) is 5.16 Å². The van der Waals surface area contributed by atoms with E-state index in [-0.39, 0.29) is 11.5 Å². The smallest absolute Gasteiger partial charge is 0.260 e. The van der Waals surface area contributed by atoms with Gasteiger partial charge in [-0.05, 0) is 55.2 Å². The van der Waals surface area contributed by atoms with Gasteiger partial charge in [-0.3, -0.25) is 9.59 Å². The Labute approximate surface area is 177 Å². The van der Waals surface area contributed by atoms with Crippen molar-refractivity contribution in [2.24, 2.45) is 0 Å². The molecule has 1 saturated heterocycles. The van der Waals surface area contributed by atoms with E-state index in [9.17, 15) is 9.59 Å². The first-order valence-electron chi connectivity index (χ1n) is 10.2. The van der Waals surface area contributed by atoms with E-state index in [1.165, 1.54) is 47.1 Å². The van der Waals surface area contributed by atoms with E-state index >= 15 is 0 Å². The van der Waals surface area contributed by atoms with Crippen LogP contribution in [0.3, 0.4) is 0 Å². The van der Waals surface area contributed by atoms with Gasteiger partial charge in [-0.2, -0.15) is 0 Å². The highest BCUT2D eigenvalue weighted by atomic mass is 32.2. The van der Waals surface area contributed by atoms with Crippen molar-refractivity contribution in [3.05, 3.63) is 45.1 Å². The zero-order chi connectivity index (χ0) is 19.8. The zero-order valence-electron chi connectivity index (χ0n) is 16.2. The molecule has 1 aromatic carbocycles. The number of nitrogens with one attached hydrogen (secondary N) is 1. The molecule has 3 aromatic rings. The Kier molecular flexibility index (Phi) is 5.18. The Hall–Kier alpha value is -2.12. The second-order valence-electron chi connectivity index (χ2n) is 7.77. The zero-order valence-corrected chi connectivity index (χ0v) is 17.8. The monoisotopic (exact) mass is 425 g/mol. The number of aryl methyl sites for hydroxylation is 2. The van der Waals surface area contributed by atoms with E-state index in [4.69, 9.17) is 0 Å². The van der Waals surface area contributed by atoms with Gasteiger partial charge in [0.25, 0.3) is 5.56 Å². The van der Waals surface area contributed by atoms with Crippen molar-refractivity contribution in [2.45, 2.75) is 43.7 Å². The molecular weight excluding hydrogens is 402 g/mol. The number of H-pyrrole nitrogens is 1. The van der Waals surface area contributed by atoms with Crippen LogP contribution in [0.1, 0.15) is 36.8 Å². The summed E-state index contributed by atoms with van der Waals surface area (Å²) in [5.41, 5.74) is 4.77. The minimum absolute atomic E-state index is 0.121. The number of aromatic amines is 1. The summed E-state index contributed by atoms with van der Waals surface area (Å²) >= 11 is 2.81. The van der Waals surface area contributed by atoms with Gasteiger partial charge in [-0.1, -0.05) is 30.0 Å². The number of carbonyl (C=O) groups excluding carboxylic acids is 1. The fourth-order valence-corrected chi connectivity index (χ4v) is 6.07. The summed E-state index contributed by atoms with van der Waals surface area (Å²) in [5, 5.41) is 3.20. The molecule has 2 aliphatic rings. The summed E-state index contributed by atoms with van der Waals surface area (Å²) in [6.07, 6.45) is 6.93. The number of thioether (sulfide) groups is 1. The molecule has 1 aliphatic heterocycles. The van der Waals surface area contributed by atoms with E-state index in [1.807, 2.05) is 10.3 Å². The summed E-state index contributed by atoms with van der Waals surface area (Å²) in [6, 6.07) is 6.58. The molecule has 0 spiro atoms. The first-order chi connectivity index (χ1) is 14.2. The molecule has 0 unspecified atom stereocenters. The van der Waals surface area contributed by atoms with Gasteiger partial charge in [-0.15, -0.1) is 11.3 Å². The normalized spacial score (nSPS) is 16.3. The number of amides is 1. The van der Waals surface area contributed by atoms with Crippen LogP contribution in [0.2, 0.25) is 0 Å². The van der Waals surface area contributed by atoms with Crippen LogP contribution in [0.5, 0.6) is 0 Å². The van der Waals surface area contributed by atoms with E-state index in [1.54, 1.807) is 0 Å². The molecule has 0 saturated carbocycles. The van der Waals surface area contributed by atoms with Gasteiger partial charge in [0.05, 0.1) is 11.1 Å². The lowest BCUT2D eigenvalue weighted by Crippen LogP contribution is -2.29. The molecule has 1 N–H and O–H groups in total. The van der Waals surface area contributed by atoms with Crippen molar-refractivity contribution in [3.63, 3.8) is 0 Å². The lowest BCUT2D eigenvalue weighted by Gasteiger charge is -2.16. The molecule has 5 rings (SSSR count). The van der Waals surface area contributed by atoms with Gasteiger partial charge in [0, 0.05) is 24.0 Å². The van der Waals surface area contributed by atoms with Crippen LogP contribution in [-0.2, 0) is 17.6 Å². The largest absolute Gasteiger partial charge is 0.342 e. The van der Waals surface area contributed by atoms with E-state index in [0.717, 1.165) is 54.7 Å². The molecule has 3 heterocycles. The molecule has 2 aromatic heterocycles. The maximum absolute atomic E-state index is 12.8. The second-order valence-corrected chi connectivity index (χ2v) is 9.59. The van der Waals surface area contributed by atoms with Crippen LogP contribution in [-0.4, -0.2) is 39.6 Å². The summed E-state index contributed by atoms with van der Waals surface area (Å²) in [6.45, 7) is 1.69. The lowest BCUT2D eigenvalue weighted by molar-refractivity contribution is -0.127. The van der Waals surface area contributed by atoms with Crippen molar-refractivity contribution in [2.75, 3.05) is 18.8 Å². The molecule has 1 amide bonds. The van der Waals surface area contributed by atoms with Crippen LogP contribution in [0.25, 0.3) is 21.3 Å². The van der Waals surface area contributed by atoms with Crippen molar-refractivity contribution >= 4 is 39.2 Å². The molecule has 0 radical (unpaired) electrons. The number of nitrogens with zero attached hydrogens (tertiary/aromatic N) is 2. The lowest BCUT2D eigenvalue weighted by atomic mass is 9.89. The molecule has 5 nitrogen and oxygen atoms in total. The van der Waals surface area contributed by atoms with Gasteiger partial charge in [-0.25, -0.2) is 4.98 Å². The Bertz CT molecular complexity index is 1130. The molecule has 29 heavy (non-hydrogen) atoms. The number of fused-ring (bicyclic) bond motifs is 2. The fourth-order valence-electron chi connectivity index (χ4n) is 4.30. The second kappa shape index (κ2) is 7.95. The van der Waals surface area contributed by atoms with Gasteiger partial charge >= 0.3 is 0 Å². The number of carbonyl (C=O) groups is 1. The van der Waals surface area contributed by atoms with Crippen molar-refractivity contribution in [1.82, 2.24) is 14.9 Å². The highest BCUT2D eigenvalue weighted by Crippen LogP contribution is 2.34. The Morgan fingerprint density at radius 2 is 1.93 bits per heavy atom. The molecule has 1 aliphatic carbocycles. The third kappa shape index (κ3) is 3.73. The quantitative estimate of drug-likeness (QED) is 0.501. The van der Waals surface area contributed by atoms with Crippen LogP contribution in [0, 0.1) is 0 Å². The summed E-state index contributed by atoms with van der Waals surface area (Å²) in [5.74, 6) is 0.438. The van der Waals surface area contributed by atoms with Crippen molar-refractivity contribution in [1.29, 1.82) is 0 Å². The Morgan fingerprint density at radius 1 is 1.14 bits per heavy atom. The van der Waals surface area contributed by atoms with Crippen LogP contribution < -0.4 is 5.56 Å². The maximum atomic E-state index is 12.8. The van der Waals surface area contributed by atoms with Crippen molar-refractivity contribution in [3.8, 4) is 11.1 Å². The van der Waals surface area contributed by atoms with Gasteiger partial charge < -0.3 is 9.88 Å². The SMILES string of the molecule is O=C(CSc1nc2scc(-c3ccc4c(c3)CCCC4)c2c(=O)[nH]1)N1CCCC1. The average molecular weight is 426 g/mol. The maximum Gasteiger partial charge on any atom is 0.260 e. The minimum Gasteiger partial charge on any atom is -0.342 e. The number of aromatic nitrogens is 2. The summed E-state index contributed by atoms with van der Waals surface area (Å²) in [7, 11) is 0. The topological polar surface area (TPSA) is 66.1 Å². The number of rotatable bonds is 4. The molecule has 1 fully saturated rings. The number of hydrogen-bond donors (Lipinski definition) is 1. The minimum atomic E-state index is -0.125. The number of thiophene rings is 1. The van der Waals surface area contributed by atoms with Gasteiger partial charge in [0.2, 0.25) is 5.91 Å². The Morgan fingerprint density at radius 3 is 2.76 bits per heavy atom. The number of benzene rings is 1. The average Bonchev–Trinajstić information content (AvgIpc) is 3.42. The summed E-state index contributed by atoms with van der Waals surface area (Å²) in [4.78, 5) is 35.2. The van der Waals surface area contributed by atoms with E-state index in [0.29, 0.717) is 16.3 Å². The number of likely N-dealkylation sites (tertiary alicyclic amines) is 1. The molecule has 0 bridgehead atoms. The molecule has 150 valence electrons. The first kappa shape index (κ1) is 18.9. The van der Waals surface area contributed by atoms with E-state index in [2.05, 4.69) is 28.2 Å². The van der Waals surface area contributed by atoms with Crippen LogP contribution in [0.4, 0.5) is 0 Å². The van der Waals surface area contributed by atoms with Gasteiger partial charge in [0.1, 0.15) is 4.83 Å². The molecule has 7 heteroatoms. The highest BCUT2D eigenvalue weighted by Gasteiger charge is 2.19. The number of hydrogen-bond acceptors (Lipinski definition) is 5. The van der Waals surface area contributed by atoms with Crippen molar-refractivity contribution < 1.29 is 4.79 Å². The predicted molar refractivity (Wildman–Crippen MR) is 119 cm³/mol. The fraction of sp³-hybridized carbons (Fsp3) is 0.409. The third-order valence-electron chi connectivity index (χ3n) is 5.87. The predicted octanol–water partition coefficient (Wildman–Crippen LogP) is 4.24. The Balaban J connectivity index is 1.41. The summed E-state index contributed by atoms with van der Waals surface area (Å²) < 4.78 is 0. The third-order valence-corrected chi connectivity index (χ3v) is 7.60. The molecular formula is C22H23N3O2S2. The van der Waals surface area contributed by atoms with Crippen LogP contribution in [0.15, 0.2) is 33.5 Å². The highest BCUT2D eigenvalue weighted by molar-refractivity contribution is 7.99. The standard InChI is InChI=1S/C22H23N3O2S2/c26-18(25-9-3-4-10-25)13-29-22-23-20(27)19-17(12-28-21(19)24-22)16-8-7-14-5-1-2-6-15(14)11-16/h7-8,11-12H,1-6,9-10,13H2,(H,23,24,27). The van der Waals surface area contributed by atoms with E-state index < -0.39 is 0 Å². The molecule has 0 atom stereocenters. The van der Waals surface area contributed by atoms with Crippen LogP contribution >= 0.6 is 23.1 Å².